The Balaban J connectivity index is 1.73. The first-order chi connectivity index (χ1) is 13.2. The molecule has 0 spiro atoms. The summed E-state index contributed by atoms with van der Waals surface area (Å²) in [7, 11) is 0. The second-order valence-electron chi connectivity index (χ2n) is 7.25. The van der Waals surface area contributed by atoms with E-state index >= 15 is 0 Å². The molecule has 0 aliphatic carbocycles. The van der Waals surface area contributed by atoms with E-state index in [4.69, 9.17) is 4.74 Å². The van der Waals surface area contributed by atoms with Crippen LogP contribution in [0.2, 0.25) is 0 Å². The molecule has 0 saturated carbocycles. The third kappa shape index (κ3) is 5.18. The Morgan fingerprint density at radius 1 is 1.07 bits per heavy atom. The van der Waals surface area contributed by atoms with Gasteiger partial charge in [0.05, 0.1) is 31.3 Å². The third-order valence-electron chi connectivity index (χ3n) is 5.19. The third-order valence-corrected chi connectivity index (χ3v) is 5.19. The summed E-state index contributed by atoms with van der Waals surface area (Å²) in [5.41, 5.74) is 2.15. The van der Waals surface area contributed by atoms with Crippen molar-refractivity contribution in [2.45, 2.75) is 64.0 Å². The SMILES string of the molecule is CCCC[C@H](O)[C@@H]1[C@@H](OCc2ccccc2)CC(=O)N1Cc1ccccc1. The van der Waals surface area contributed by atoms with Gasteiger partial charge in [0.15, 0.2) is 0 Å². The summed E-state index contributed by atoms with van der Waals surface area (Å²) in [5.74, 6) is 0.0532. The molecule has 2 aromatic carbocycles. The van der Waals surface area contributed by atoms with Crippen LogP contribution in [-0.2, 0) is 22.7 Å². The van der Waals surface area contributed by atoms with Crippen molar-refractivity contribution < 1.29 is 14.6 Å². The number of nitrogens with zero attached hydrogens (tertiary/aromatic N) is 1. The number of ether oxygens (including phenoxy) is 1. The fourth-order valence-electron chi connectivity index (χ4n) is 3.73. The van der Waals surface area contributed by atoms with Crippen LogP contribution in [0.25, 0.3) is 0 Å². The Morgan fingerprint density at radius 3 is 2.33 bits per heavy atom. The highest BCUT2D eigenvalue weighted by atomic mass is 16.5. The molecule has 0 aromatic heterocycles. The topological polar surface area (TPSA) is 49.8 Å². The molecular weight excluding hydrogens is 338 g/mol. The molecule has 4 nitrogen and oxygen atoms in total. The molecule has 1 heterocycles. The van der Waals surface area contributed by atoms with E-state index < -0.39 is 6.10 Å². The molecule has 1 N–H and O–H groups in total. The van der Waals surface area contributed by atoms with Gasteiger partial charge in [-0.3, -0.25) is 4.79 Å². The minimum absolute atomic E-state index is 0.0532. The maximum absolute atomic E-state index is 12.7. The predicted octanol–water partition coefficient (Wildman–Crippen LogP) is 3.92. The summed E-state index contributed by atoms with van der Waals surface area (Å²) in [5, 5.41) is 10.8. The van der Waals surface area contributed by atoms with Gasteiger partial charge in [0.2, 0.25) is 5.91 Å². The van der Waals surface area contributed by atoms with Crippen molar-refractivity contribution in [3.63, 3.8) is 0 Å². The molecule has 1 amide bonds. The average Bonchev–Trinajstić information content (AvgIpc) is 3.01. The second-order valence-corrected chi connectivity index (χ2v) is 7.25. The average molecular weight is 367 g/mol. The van der Waals surface area contributed by atoms with E-state index in [2.05, 4.69) is 6.92 Å². The number of amides is 1. The van der Waals surface area contributed by atoms with E-state index in [0.717, 1.165) is 24.0 Å². The second kappa shape index (κ2) is 9.67. The number of aliphatic hydroxyl groups excluding tert-OH is 1. The van der Waals surface area contributed by atoms with Crippen molar-refractivity contribution in [3.05, 3.63) is 71.8 Å². The van der Waals surface area contributed by atoms with Crippen LogP contribution in [-0.4, -0.2) is 34.2 Å². The standard InChI is InChI=1S/C23H29NO3/c1-2-3-14-20(25)23-21(27-17-19-12-8-5-9-13-19)15-22(26)24(23)16-18-10-6-4-7-11-18/h4-13,20-21,23,25H,2-3,14-17H2,1H3/t20-,21-,23+/m0/s1. The number of rotatable bonds is 9. The Kier molecular flexibility index (Phi) is 7.02. The molecule has 1 fully saturated rings. The van der Waals surface area contributed by atoms with Crippen molar-refractivity contribution >= 4 is 5.91 Å². The van der Waals surface area contributed by atoms with E-state index in [-0.39, 0.29) is 18.1 Å². The zero-order valence-corrected chi connectivity index (χ0v) is 16.0. The number of unbranched alkanes of at least 4 members (excludes halogenated alkanes) is 1. The molecule has 27 heavy (non-hydrogen) atoms. The first-order valence-corrected chi connectivity index (χ1v) is 9.86. The summed E-state index contributed by atoms with van der Waals surface area (Å²) < 4.78 is 6.12. The highest BCUT2D eigenvalue weighted by Gasteiger charge is 2.44. The van der Waals surface area contributed by atoms with Crippen molar-refractivity contribution in [1.82, 2.24) is 4.90 Å². The summed E-state index contributed by atoms with van der Waals surface area (Å²) in [6.45, 7) is 3.07. The minimum atomic E-state index is -0.569. The van der Waals surface area contributed by atoms with Gasteiger partial charge in [0, 0.05) is 6.54 Å². The van der Waals surface area contributed by atoms with Crippen molar-refractivity contribution in [2.75, 3.05) is 0 Å². The number of likely N-dealkylation sites (tertiary alicyclic amines) is 1. The Morgan fingerprint density at radius 2 is 1.70 bits per heavy atom. The zero-order chi connectivity index (χ0) is 19.1. The molecule has 0 radical (unpaired) electrons. The van der Waals surface area contributed by atoms with Crippen LogP contribution in [0, 0.1) is 0 Å². The highest BCUT2D eigenvalue weighted by molar-refractivity contribution is 5.80. The molecule has 3 rings (SSSR count). The van der Waals surface area contributed by atoms with Crippen molar-refractivity contribution in [2.24, 2.45) is 0 Å². The van der Waals surface area contributed by atoms with E-state index in [1.807, 2.05) is 65.6 Å². The predicted molar refractivity (Wildman–Crippen MR) is 106 cm³/mol. The van der Waals surface area contributed by atoms with Gasteiger partial charge in [0.25, 0.3) is 0 Å². The Labute approximate surface area is 161 Å². The van der Waals surface area contributed by atoms with Crippen molar-refractivity contribution in [3.8, 4) is 0 Å². The number of aliphatic hydroxyl groups is 1. The molecule has 0 bridgehead atoms. The van der Waals surface area contributed by atoms with Crippen LogP contribution >= 0.6 is 0 Å². The van der Waals surface area contributed by atoms with Crippen LogP contribution in [0.3, 0.4) is 0 Å². The molecular formula is C23H29NO3. The number of hydrogen-bond acceptors (Lipinski definition) is 3. The normalized spacial score (nSPS) is 20.8. The number of carbonyl (C=O) groups excluding carboxylic acids is 1. The molecule has 2 aromatic rings. The van der Waals surface area contributed by atoms with E-state index in [1.54, 1.807) is 0 Å². The van der Waals surface area contributed by atoms with Crippen molar-refractivity contribution in [1.29, 1.82) is 0 Å². The lowest BCUT2D eigenvalue weighted by atomic mass is 10.00. The maximum atomic E-state index is 12.7. The lowest BCUT2D eigenvalue weighted by Gasteiger charge is -2.32. The van der Waals surface area contributed by atoms with Gasteiger partial charge in [-0.25, -0.2) is 0 Å². The van der Waals surface area contributed by atoms with E-state index in [9.17, 15) is 9.90 Å². The quantitative estimate of drug-likeness (QED) is 0.731. The molecule has 3 atom stereocenters. The van der Waals surface area contributed by atoms with Crippen LogP contribution in [0.5, 0.6) is 0 Å². The van der Waals surface area contributed by atoms with Gasteiger partial charge in [-0.1, -0.05) is 80.4 Å². The van der Waals surface area contributed by atoms with E-state index in [0.29, 0.717) is 26.0 Å². The molecule has 1 aliphatic heterocycles. The molecule has 4 heteroatoms. The maximum Gasteiger partial charge on any atom is 0.226 e. The van der Waals surface area contributed by atoms with Gasteiger partial charge in [0.1, 0.15) is 0 Å². The molecule has 1 saturated heterocycles. The fourth-order valence-corrected chi connectivity index (χ4v) is 3.73. The fraction of sp³-hybridized carbons (Fsp3) is 0.435. The van der Waals surface area contributed by atoms with Crippen LogP contribution in [0.15, 0.2) is 60.7 Å². The number of benzene rings is 2. The van der Waals surface area contributed by atoms with Gasteiger partial charge in [-0.15, -0.1) is 0 Å². The highest BCUT2D eigenvalue weighted by Crippen LogP contribution is 2.29. The van der Waals surface area contributed by atoms with Gasteiger partial charge in [-0.2, -0.15) is 0 Å². The number of hydrogen-bond donors (Lipinski definition) is 1. The Hall–Kier alpha value is -2.17. The summed E-state index contributed by atoms with van der Waals surface area (Å²) in [6, 6.07) is 19.6. The summed E-state index contributed by atoms with van der Waals surface area (Å²) in [6.07, 6.45) is 2.12. The zero-order valence-electron chi connectivity index (χ0n) is 16.0. The number of carbonyl (C=O) groups is 1. The molecule has 144 valence electrons. The summed E-state index contributed by atoms with van der Waals surface area (Å²) >= 11 is 0. The van der Waals surface area contributed by atoms with Crippen LogP contribution < -0.4 is 0 Å². The first-order valence-electron chi connectivity index (χ1n) is 9.86. The molecule has 1 aliphatic rings. The minimum Gasteiger partial charge on any atom is -0.391 e. The smallest absolute Gasteiger partial charge is 0.226 e. The van der Waals surface area contributed by atoms with E-state index in [1.165, 1.54) is 0 Å². The Bertz CT molecular complexity index is 704. The van der Waals surface area contributed by atoms with Gasteiger partial charge in [-0.05, 0) is 17.5 Å². The van der Waals surface area contributed by atoms with Crippen LogP contribution in [0.1, 0.15) is 43.7 Å². The monoisotopic (exact) mass is 367 g/mol. The van der Waals surface area contributed by atoms with Gasteiger partial charge >= 0.3 is 0 Å². The lowest BCUT2D eigenvalue weighted by Crippen LogP contribution is -2.46. The first kappa shape index (κ1) is 19.6. The lowest BCUT2D eigenvalue weighted by molar-refractivity contribution is -0.131. The van der Waals surface area contributed by atoms with Gasteiger partial charge < -0.3 is 14.7 Å². The largest absolute Gasteiger partial charge is 0.391 e. The summed E-state index contributed by atoms with van der Waals surface area (Å²) in [4.78, 5) is 14.5. The van der Waals surface area contributed by atoms with Crippen LogP contribution in [0.4, 0.5) is 0 Å². The molecule has 0 unspecified atom stereocenters.